The molecule has 0 radical (unpaired) electrons. The summed E-state index contributed by atoms with van der Waals surface area (Å²) in [6, 6.07) is 0. The van der Waals surface area contributed by atoms with E-state index in [0.29, 0.717) is 19.8 Å². The molecule has 0 spiro atoms. The van der Waals surface area contributed by atoms with E-state index in [4.69, 9.17) is 15.2 Å². The van der Waals surface area contributed by atoms with Crippen molar-refractivity contribution in [2.75, 3.05) is 33.0 Å². The van der Waals surface area contributed by atoms with E-state index >= 15 is 0 Å². The van der Waals surface area contributed by atoms with Crippen molar-refractivity contribution in [2.45, 2.75) is 19.4 Å². The van der Waals surface area contributed by atoms with Gasteiger partial charge in [-0.05, 0) is 13.8 Å². The third kappa shape index (κ3) is 6.54. The second-order valence-corrected chi connectivity index (χ2v) is 2.95. The van der Waals surface area contributed by atoms with Gasteiger partial charge in [-0.15, -0.1) is 0 Å². The van der Waals surface area contributed by atoms with Crippen molar-refractivity contribution in [1.82, 2.24) is 0 Å². The van der Waals surface area contributed by atoms with Crippen molar-refractivity contribution in [1.29, 1.82) is 0 Å². The van der Waals surface area contributed by atoms with Gasteiger partial charge in [0.15, 0.2) is 0 Å². The fraction of sp³-hybridized carbons (Fsp3) is 1.00. The lowest BCUT2D eigenvalue weighted by molar-refractivity contribution is -0.0414. The Labute approximate surface area is 73.7 Å². The van der Waals surface area contributed by atoms with Gasteiger partial charge in [0.25, 0.3) is 0 Å². The summed E-state index contributed by atoms with van der Waals surface area (Å²) in [5, 5.41) is 9.39. The van der Waals surface area contributed by atoms with Crippen molar-refractivity contribution < 1.29 is 14.6 Å². The molecule has 0 rings (SSSR count). The zero-order valence-electron chi connectivity index (χ0n) is 7.88. The Balaban J connectivity index is 3.19. The molecule has 0 heterocycles. The minimum atomic E-state index is -0.911. The van der Waals surface area contributed by atoms with Crippen LogP contribution in [-0.2, 0) is 9.47 Å². The summed E-state index contributed by atoms with van der Waals surface area (Å²) in [6.45, 7) is 5.81. The molecule has 0 aliphatic rings. The summed E-state index contributed by atoms with van der Waals surface area (Å²) in [5.41, 5.74) is 4.38. The molecule has 0 aromatic carbocycles. The van der Waals surface area contributed by atoms with Gasteiger partial charge in [-0.3, -0.25) is 0 Å². The molecular weight excluding hydrogens is 158 g/mol. The van der Waals surface area contributed by atoms with Crippen molar-refractivity contribution in [2.24, 2.45) is 5.73 Å². The largest absolute Gasteiger partial charge is 0.386 e. The maximum atomic E-state index is 9.39. The Bertz CT molecular complexity index is 106. The molecule has 0 saturated heterocycles. The maximum absolute atomic E-state index is 9.39. The summed E-state index contributed by atoms with van der Waals surface area (Å²) in [7, 11) is 0. The third-order valence-electron chi connectivity index (χ3n) is 1.43. The fourth-order valence-corrected chi connectivity index (χ4v) is 0.613. The Morgan fingerprint density at radius 3 is 2.42 bits per heavy atom. The number of rotatable bonds is 7. The van der Waals surface area contributed by atoms with Crippen LogP contribution in [0.3, 0.4) is 0 Å². The van der Waals surface area contributed by atoms with Crippen molar-refractivity contribution in [3.63, 3.8) is 0 Å². The monoisotopic (exact) mass is 177 g/mol. The van der Waals surface area contributed by atoms with E-state index in [-0.39, 0.29) is 13.2 Å². The smallest absolute Gasteiger partial charge is 0.0973 e. The molecule has 0 saturated carbocycles. The van der Waals surface area contributed by atoms with Gasteiger partial charge in [0.1, 0.15) is 0 Å². The first kappa shape index (κ1) is 11.8. The SMILES string of the molecule is CCOCCOCC(C)(O)CN. The molecule has 0 fully saturated rings. The van der Waals surface area contributed by atoms with Gasteiger partial charge < -0.3 is 20.3 Å². The van der Waals surface area contributed by atoms with Crippen LogP contribution in [0.25, 0.3) is 0 Å². The van der Waals surface area contributed by atoms with Crippen LogP contribution in [0.15, 0.2) is 0 Å². The summed E-state index contributed by atoms with van der Waals surface area (Å²) in [5.74, 6) is 0. The van der Waals surface area contributed by atoms with Crippen LogP contribution in [0.4, 0.5) is 0 Å². The molecule has 74 valence electrons. The molecule has 0 bridgehead atoms. The summed E-state index contributed by atoms with van der Waals surface area (Å²) in [4.78, 5) is 0. The molecule has 12 heavy (non-hydrogen) atoms. The zero-order chi connectivity index (χ0) is 9.45. The highest BCUT2D eigenvalue weighted by Gasteiger charge is 2.17. The normalized spacial score (nSPS) is 16.0. The average molecular weight is 177 g/mol. The number of hydrogen-bond donors (Lipinski definition) is 2. The zero-order valence-corrected chi connectivity index (χ0v) is 7.88. The molecule has 4 heteroatoms. The van der Waals surface area contributed by atoms with Gasteiger partial charge in [-0.2, -0.15) is 0 Å². The van der Waals surface area contributed by atoms with E-state index < -0.39 is 5.60 Å². The van der Waals surface area contributed by atoms with Crippen LogP contribution in [0.5, 0.6) is 0 Å². The van der Waals surface area contributed by atoms with E-state index in [1.165, 1.54) is 0 Å². The van der Waals surface area contributed by atoms with Gasteiger partial charge in [0, 0.05) is 13.2 Å². The van der Waals surface area contributed by atoms with Crippen molar-refractivity contribution in [3.05, 3.63) is 0 Å². The third-order valence-corrected chi connectivity index (χ3v) is 1.43. The summed E-state index contributed by atoms with van der Waals surface area (Å²) < 4.78 is 10.2. The van der Waals surface area contributed by atoms with Crippen LogP contribution in [0, 0.1) is 0 Å². The Hall–Kier alpha value is -0.160. The fourth-order valence-electron chi connectivity index (χ4n) is 0.613. The van der Waals surface area contributed by atoms with E-state index in [1.54, 1.807) is 6.92 Å². The van der Waals surface area contributed by atoms with Gasteiger partial charge in [-0.1, -0.05) is 0 Å². The molecule has 0 aliphatic heterocycles. The van der Waals surface area contributed by atoms with Gasteiger partial charge in [0.05, 0.1) is 25.4 Å². The summed E-state index contributed by atoms with van der Waals surface area (Å²) in [6.07, 6.45) is 0. The van der Waals surface area contributed by atoms with Gasteiger partial charge in [-0.25, -0.2) is 0 Å². The van der Waals surface area contributed by atoms with Crippen molar-refractivity contribution in [3.8, 4) is 0 Å². The van der Waals surface area contributed by atoms with Crippen LogP contribution >= 0.6 is 0 Å². The Morgan fingerprint density at radius 1 is 1.33 bits per heavy atom. The predicted molar refractivity (Wildman–Crippen MR) is 47.0 cm³/mol. The minimum absolute atomic E-state index is 0.210. The van der Waals surface area contributed by atoms with Crippen LogP contribution in [-0.4, -0.2) is 43.7 Å². The molecule has 0 aliphatic carbocycles. The second-order valence-electron chi connectivity index (χ2n) is 2.95. The molecular formula is C8H19NO3. The standard InChI is InChI=1S/C8H19NO3/c1-3-11-4-5-12-7-8(2,10)6-9/h10H,3-7,9H2,1-2H3. The van der Waals surface area contributed by atoms with Crippen molar-refractivity contribution >= 4 is 0 Å². The van der Waals surface area contributed by atoms with Gasteiger partial charge >= 0.3 is 0 Å². The number of nitrogens with two attached hydrogens (primary N) is 1. The highest BCUT2D eigenvalue weighted by atomic mass is 16.5. The van der Waals surface area contributed by atoms with Crippen LogP contribution in [0.1, 0.15) is 13.8 Å². The lowest BCUT2D eigenvalue weighted by atomic mass is 10.1. The van der Waals surface area contributed by atoms with E-state index in [0.717, 1.165) is 0 Å². The van der Waals surface area contributed by atoms with Crippen LogP contribution in [0.2, 0.25) is 0 Å². The first-order valence-electron chi connectivity index (χ1n) is 4.20. The highest BCUT2D eigenvalue weighted by Crippen LogP contribution is 1.99. The van der Waals surface area contributed by atoms with E-state index in [1.807, 2.05) is 6.92 Å². The Morgan fingerprint density at radius 2 is 1.92 bits per heavy atom. The minimum Gasteiger partial charge on any atom is -0.386 e. The quantitative estimate of drug-likeness (QED) is 0.526. The predicted octanol–water partition coefficient (Wildman–Crippen LogP) is -0.251. The molecule has 1 unspecified atom stereocenters. The maximum Gasteiger partial charge on any atom is 0.0973 e. The number of ether oxygens (including phenoxy) is 2. The van der Waals surface area contributed by atoms with Gasteiger partial charge in [0.2, 0.25) is 0 Å². The molecule has 0 aromatic rings. The molecule has 3 N–H and O–H groups in total. The topological polar surface area (TPSA) is 64.7 Å². The Kier molecular flexibility index (Phi) is 6.28. The lowest BCUT2D eigenvalue weighted by Gasteiger charge is -2.20. The van der Waals surface area contributed by atoms with Crippen LogP contribution < -0.4 is 5.73 Å². The molecule has 0 amide bonds. The molecule has 0 aromatic heterocycles. The van der Waals surface area contributed by atoms with E-state index in [2.05, 4.69) is 0 Å². The average Bonchev–Trinajstić information content (AvgIpc) is 2.04. The first-order chi connectivity index (χ1) is 5.62. The molecule has 4 nitrogen and oxygen atoms in total. The number of hydrogen-bond acceptors (Lipinski definition) is 4. The van der Waals surface area contributed by atoms with E-state index in [9.17, 15) is 5.11 Å². The second kappa shape index (κ2) is 6.37. The first-order valence-corrected chi connectivity index (χ1v) is 4.20. The summed E-state index contributed by atoms with van der Waals surface area (Å²) >= 11 is 0. The molecule has 1 atom stereocenters. The highest BCUT2D eigenvalue weighted by molar-refractivity contribution is 4.71. The number of aliphatic hydroxyl groups is 1. The lowest BCUT2D eigenvalue weighted by Crippen LogP contribution is -2.39.